The van der Waals surface area contributed by atoms with Crippen molar-refractivity contribution in [2.24, 2.45) is 53.3 Å². The summed E-state index contributed by atoms with van der Waals surface area (Å²) in [5, 5.41) is 41.8. The molecule has 4 aliphatic rings. The molecule has 0 aromatic carbocycles. The first-order chi connectivity index (χ1) is 23.0. The summed E-state index contributed by atoms with van der Waals surface area (Å²) >= 11 is 0. The Morgan fingerprint density at radius 3 is 2.39 bits per heavy atom. The maximum atomic E-state index is 13.9. The van der Waals surface area contributed by atoms with E-state index in [4.69, 9.17) is 4.74 Å². The molecule has 1 heterocycles. The Labute approximate surface area is 292 Å². The Morgan fingerprint density at radius 2 is 1.71 bits per heavy atom. The fourth-order valence-electron chi connectivity index (χ4n) is 8.87. The summed E-state index contributed by atoms with van der Waals surface area (Å²) in [6, 6.07) is 0. The fourth-order valence-corrected chi connectivity index (χ4v) is 8.87. The molecule has 4 rings (SSSR count). The topological polar surface area (TPSA) is 141 Å². The zero-order chi connectivity index (χ0) is 36.3. The predicted octanol–water partition coefficient (Wildman–Crippen LogP) is 6.88. The van der Waals surface area contributed by atoms with Crippen molar-refractivity contribution in [1.29, 1.82) is 0 Å². The van der Waals surface area contributed by atoms with Crippen molar-refractivity contribution >= 4 is 17.9 Å². The van der Waals surface area contributed by atoms with Crippen molar-refractivity contribution in [3.8, 4) is 0 Å². The van der Waals surface area contributed by atoms with E-state index in [2.05, 4.69) is 39.0 Å². The molecule has 2 fully saturated rings. The number of carbonyl (C=O) groups is 3. The number of allylic oxidation sites excluding steroid dienone is 7. The van der Waals surface area contributed by atoms with Crippen LogP contribution in [0.15, 0.2) is 69.9 Å². The van der Waals surface area contributed by atoms with Gasteiger partial charge in [-0.15, -0.1) is 0 Å². The predicted molar refractivity (Wildman–Crippen MR) is 190 cm³/mol. The van der Waals surface area contributed by atoms with Crippen LogP contribution in [0, 0.1) is 53.3 Å². The van der Waals surface area contributed by atoms with Gasteiger partial charge in [-0.25, -0.2) is 4.79 Å². The van der Waals surface area contributed by atoms with Crippen LogP contribution in [0.5, 0.6) is 0 Å². The number of hydrogen-bond donors (Lipinski definition) is 4. The molecule has 0 spiro atoms. The van der Waals surface area contributed by atoms with E-state index in [9.17, 15) is 34.8 Å². The van der Waals surface area contributed by atoms with Crippen molar-refractivity contribution < 1.29 is 39.5 Å². The maximum Gasteiger partial charge on any atom is 0.341 e. The second-order valence-electron chi connectivity index (χ2n) is 15.8. The van der Waals surface area contributed by atoms with E-state index in [-0.39, 0.29) is 35.5 Å². The largest absolute Gasteiger partial charge is 0.481 e. The van der Waals surface area contributed by atoms with Crippen molar-refractivity contribution in [2.45, 2.75) is 112 Å². The van der Waals surface area contributed by atoms with Crippen molar-refractivity contribution in [3.63, 3.8) is 0 Å². The molecule has 49 heavy (non-hydrogen) atoms. The number of cyclic esters (lactones) is 2. The Bertz CT molecular complexity index is 1460. The summed E-state index contributed by atoms with van der Waals surface area (Å²) in [4.78, 5) is 38.2. The monoisotopic (exact) mass is 678 g/mol. The number of aliphatic hydroxyl groups excluding tert-OH is 3. The third-order valence-corrected chi connectivity index (χ3v) is 11.8. The summed E-state index contributed by atoms with van der Waals surface area (Å²) in [6.07, 6.45) is 14.2. The lowest BCUT2D eigenvalue weighted by Gasteiger charge is -2.41. The molecule has 12 unspecified atom stereocenters. The van der Waals surface area contributed by atoms with Crippen LogP contribution in [0.4, 0.5) is 0 Å². The fraction of sp³-hybridized carbons (Fsp3) is 0.634. The smallest absolute Gasteiger partial charge is 0.341 e. The molecule has 1 aliphatic heterocycles. The number of hydrogen-bond acceptors (Lipinski definition) is 7. The van der Waals surface area contributed by atoms with E-state index < -0.39 is 48.1 Å². The summed E-state index contributed by atoms with van der Waals surface area (Å²) in [5.74, 6) is -4.05. The van der Waals surface area contributed by atoms with E-state index in [0.29, 0.717) is 24.3 Å². The highest BCUT2D eigenvalue weighted by Gasteiger charge is 2.51. The average Bonchev–Trinajstić information content (AvgIpc) is 3.24. The van der Waals surface area contributed by atoms with Gasteiger partial charge in [-0.05, 0) is 107 Å². The lowest BCUT2D eigenvalue weighted by Crippen LogP contribution is -2.43. The minimum atomic E-state index is -0.978. The lowest BCUT2D eigenvalue weighted by atomic mass is 9.65. The zero-order valence-electron chi connectivity index (χ0n) is 30.6. The van der Waals surface area contributed by atoms with E-state index in [1.54, 1.807) is 13.8 Å². The van der Waals surface area contributed by atoms with Crippen molar-refractivity contribution in [3.05, 3.63) is 69.9 Å². The Balaban J connectivity index is 1.61. The number of aliphatic hydroxyl groups is 3. The molecule has 0 amide bonds. The standard InChI is InChI=1S/C41H58O8/c1-21(16-22(2)17-23(3)18-33(42)28(8)39(45)46)12-10-9-11-13-29-25(5)19-32-30(15-14-24(4)38(32)44)37-36(29)35-27(7)34(43)20-31(35)26(6)40(47)49-41(37)48/h9-13,19,22-24,27-30,32-34,37-38,42-44H,14-18,20H2,1-8H3,(H,45,46)/b10-9+,13-11+,21-12+,31-26-,36-35-. The SMILES string of the molecule is CC1=CC2C(O)C(C)CCC2C2C(=O)OC(=O)/C(C)=C3/CC(O)C(C)/C3=C/2C1/C=C/C=C/C=C(\C)CC(C)CC(C)CC(O)C(C)C(=O)O. The second kappa shape index (κ2) is 16.3. The van der Waals surface area contributed by atoms with Crippen LogP contribution in [0.1, 0.15) is 93.9 Å². The molecule has 0 radical (unpaired) electrons. The summed E-state index contributed by atoms with van der Waals surface area (Å²) in [5.41, 5.74) is 5.16. The van der Waals surface area contributed by atoms with Gasteiger partial charge >= 0.3 is 17.9 Å². The maximum absolute atomic E-state index is 13.9. The third kappa shape index (κ3) is 8.63. The Hall–Kier alpha value is -3.07. The minimum absolute atomic E-state index is 0.0840. The normalized spacial score (nSPS) is 36.6. The number of carbonyl (C=O) groups excluding carboxylic acids is 2. The van der Waals surface area contributed by atoms with Crippen molar-refractivity contribution in [2.75, 3.05) is 0 Å². The molecule has 2 saturated carbocycles. The van der Waals surface area contributed by atoms with Gasteiger partial charge in [0.2, 0.25) is 0 Å². The highest BCUT2D eigenvalue weighted by Crippen LogP contribution is 2.53. The van der Waals surface area contributed by atoms with Crippen LogP contribution >= 0.6 is 0 Å². The number of rotatable bonds is 11. The second-order valence-corrected chi connectivity index (χ2v) is 15.8. The molecule has 8 heteroatoms. The van der Waals surface area contributed by atoms with E-state index in [1.807, 2.05) is 39.0 Å². The van der Waals surface area contributed by atoms with Gasteiger partial charge < -0.3 is 25.2 Å². The van der Waals surface area contributed by atoms with Crippen molar-refractivity contribution in [1.82, 2.24) is 0 Å². The van der Waals surface area contributed by atoms with Crippen LogP contribution in [0.25, 0.3) is 0 Å². The molecular formula is C41H58O8. The molecule has 8 nitrogen and oxygen atoms in total. The minimum Gasteiger partial charge on any atom is -0.481 e. The van der Waals surface area contributed by atoms with Gasteiger partial charge in [-0.1, -0.05) is 75.3 Å². The number of ether oxygens (including phenoxy) is 1. The van der Waals surface area contributed by atoms with Crippen LogP contribution < -0.4 is 0 Å². The van der Waals surface area contributed by atoms with Gasteiger partial charge in [0.1, 0.15) is 0 Å². The number of esters is 2. The van der Waals surface area contributed by atoms with Crippen LogP contribution in [-0.4, -0.2) is 56.6 Å². The molecule has 12 atom stereocenters. The Kier molecular flexibility index (Phi) is 12.9. The van der Waals surface area contributed by atoms with E-state index in [1.165, 1.54) is 5.57 Å². The summed E-state index contributed by atoms with van der Waals surface area (Å²) in [7, 11) is 0. The van der Waals surface area contributed by atoms with Crippen LogP contribution in [-0.2, 0) is 19.1 Å². The van der Waals surface area contributed by atoms with Gasteiger partial charge in [0.25, 0.3) is 0 Å². The average molecular weight is 679 g/mol. The molecule has 270 valence electrons. The van der Waals surface area contributed by atoms with Crippen LogP contribution in [0.2, 0.25) is 0 Å². The highest BCUT2D eigenvalue weighted by molar-refractivity contribution is 5.99. The first-order valence-electron chi connectivity index (χ1n) is 18.2. The van der Waals surface area contributed by atoms with Gasteiger partial charge in [-0.2, -0.15) is 0 Å². The number of carboxylic acid groups (broad SMARTS) is 1. The molecule has 0 bridgehead atoms. The molecule has 0 saturated heterocycles. The number of aliphatic carboxylic acids is 1. The Morgan fingerprint density at radius 1 is 1.02 bits per heavy atom. The summed E-state index contributed by atoms with van der Waals surface area (Å²) < 4.78 is 5.53. The lowest BCUT2D eigenvalue weighted by molar-refractivity contribution is -0.162. The third-order valence-electron chi connectivity index (χ3n) is 11.8. The summed E-state index contributed by atoms with van der Waals surface area (Å²) in [6.45, 7) is 15.6. The highest BCUT2D eigenvalue weighted by atomic mass is 16.6. The molecule has 3 aliphatic carbocycles. The molecule has 0 aromatic heterocycles. The van der Waals surface area contributed by atoms with E-state index >= 15 is 0 Å². The zero-order valence-corrected chi connectivity index (χ0v) is 30.6. The number of carboxylic acids is 1. The quantitative estimate of drug-likeness (QED) is 0.0802. The first-order valence-corrected chi connectivity index (χ1v) is 18.2. The van der Waals surface area contributed by atoms with Gasteiger partial charge in [0.05, 0.1) is 30.1 Å². The first kappa shape index (κ1) is 38.7. The molecule has 0 aromatic rings. The van der Waals surface area contributed by atoms with Gasteiger partial charge in [-0.3, -0.25) is 9.59 Å². The van der Waals surface area contributed by atoms with E-state index in [0.717, 1.165) is 48.0 Å². The molecular weight excluding hydrogens is 620 g/mol. The number of fused-ring (bicyclic) bond motifs is 4. The van der Waals surface area contributed by atoms with Gasteiger partial charge in [0.15, 0.2) is 0 Å². The van der Waals surface area contributed by atoms with Crippen LogP contribution in [0.3, 0.4) is 0 Å². The van der Waals surface area contributed by atoms with Gasteiger partial charge in [0, 0.05) is 23.3 Å². The molecule has 4 N–H and O–H groups in total.